The number of hydrogen-bond donors (Lipinski definition) is 2. The molecule has 1 aliphatic rings. The first-order valence-corrected chi connectivity index (χ1v) is 10.2. The lowest BCUT2D eigenvalue weighted by atomic mass is 10.1. The number of para-hydroxylation sites is 2. The number of benzene rings is 2. The molecule has 0 saturated carbocycles. The quantitative estimate of drug-likeness (QED) is 0.815. The predicted molar refractivity (Wildman–Crippen MR) is 104 cm³/mol. The number of carbonyl (C=O) groups excluding carboxylic acids is 1. The number of carbonyl (C=O) groups is 1. The number of rotatable bonds is 5. The van der Waals surface area contributed by atoms with E-state index in [4.69, 9.17) is 4.74 Å². The van der Waals surface area contributed by atoms with Crippen LogP contribution in [0.3, 0.4) is 0 Å². The van der Waals surface area contributed by atoms with E-state index in [2.05, 4.69) is 10.0 Å². The summed E-state index contributed by atoms with van der Waals surface area (Å²) in [5, 5.41) is 3.20. The molecule has 1 fully saturated rings. The lowest BCUT2D eigenvalue weighted by Crippen LogP contribution is -2.46. The number of methoxy groups -OCH3 is 1. The van der Waals surface area contributed by atoms with Gasteiger partial charge < -0.3 is 15.0 Å². The van der Waals surface area contributed by atoms with Crippen LogP contribution in [0.5, 0.6) is 5.75 Å². The van der Waals surface area contributed by atoms with Crippen LogP contribution in [0.1, 0.15) is 15.9 Å². The van der Waals surface area contributed by atoms with E-state index < -0.39 is 10.0 Å². The Kier molecular flexibility index (Phi) is 5.67. The van der Waals surface area contributed by atoms with Crippen LogP contribution in [0.4, 0.5) is 5.69 Å². The number of aryl methyl sites for hydroxylation is 1. The molecule has 1 heterocycles. The van der Waals surface area contributed by atoms with E-state index in [1.54, 1.807) is 42.2 Å². The lowest BCUT2D eigenvalue weighted by molar-refractivity contribution is 0.0735. The fourth-order valence-electron chi connectivity index (χ4n) is 2.97. The largest absolute Gasteiger partial charge is 0.495 e. The minimum Gasteiger partial charge on any atom is -0.495 e. The number of piperazine rings is 1. The van der Waals surface area contributed by atoms with Crippen molar-refractivity contribution in [3.63, 3.8) is 0 Å². The molecule has 2 N–H and O–H groups in total. The maximum atomic E-state index is 12.8. The third-order valence-corrected chi connectivity index (χ3v) is 5.87. The third kappa shape index (κ3) is 4.23. The summed E-state index contributed by atoms with van der Waals surface area (Å²) in [5.74, 6) is 0.272. The Morgan fingerprint density at radius 2 is 1.85 bits per heavy atom. The summed E-state index contributed by atoms with van der Waals surface area (Å²) < 4.78 is 33.4. The molecule has 2 aromatic rings. The molecule has 27 heavy (non-hydrogen) atoms. The molecule has 7 nitrogen and oxygen atoms in total. The van der Waals surface area contributed by atoms with Crippen molar-refractivity contribution >= 4 is 21.6 Å². The molecule has 1 amide bonds. The van der Waals surface area contributed by atoms with Gasteiger partial charge in [0.2, 0.25) is 0 Å². The normalized spacial score (nSPS) is 14.7. The molecular formula is C19H23N3O4S. The molecule has 1 aliphatic heterocycles. The molecule has 0 unspecified atom stereocenters. The van der Waals surface area contributed by atoms with Crippen molar-refractivity contribution in [3.8, 4) is 5.75 Å². The van der Waals surface area contributed by atoms with Gasteiger partial charge in [-0.25, -0.2) is 8.42 Å². The van der Waals surface area contributed by atoms with Gasteiger partial charge in [0.25, 0.3) is 15.9 Å². The van der Waals surface area contributed by atoms with E-state index in [9.17, 15) is 13.2 Å². The van der Waals surface area contributed by atoms with E-state index in [1.807, 2.05) is 0 Å². The number of nitrogens with zero attached hydrogens (tertiary/aromatic N) is 1. The van der Waals surface area contributed by atoms with Crippen molar-refractivity contribution in [2.75, 3.05) is 38.0 Å². The molecule has 0 bridgehead atoms. The van der Waals surface area contributed by atoms with Gasteiger partial charge in [-0.15, -0.1) is 0 Å². The first-order valence-electron chi connectivity index (χ1n) is 8.69. The van der Waals surface area contributed by atoms with Gasteiger partial charge in [0.05, 0.1) is 17.7 Å². The molecule has 0 radical (unpaired) electrons. The van der Waals surface area contributed by atoms with Gasteiger partial charge in [-0.2, -0.15) is 0 Å². The molecule has 144 valence electrons. The fourth-order valence-corrected chi connectivity index (χ4v) is 4.07. The number of amides is 1. The van der Waals surface area contributed by atoms with Crippen LogP contribution < -0.4 is 14.8 Å². The van der Waals surface area contributed by atoms with Crippen LogP contribution in [-0.4, -0.2) is 52.5 Å². The standard InChI is InChI=1S/C19H23N3O4S/c1-14-7-8-15(13-16(14)19(23)22-11-9-20-10-12-22)27(24,25)21-17-5-3-4-6-18(17)26-2/h3-8,13,20-21H,9-12H2,1-2H3. The van der Waals surface area contributed by atoms with E-state index in [1.165, 1.54) is 19.2 Å². The predicted octanol–water partition coefficient (Wildman–Crippen LogP) is 1.85. The van der Waals surface area contributed by atoms with Crippen molar-refractivity contribution < 1.29 is 17.9 Å². The van der Waals surface area contributed by atoms with E-state index in [0.29, 0.717) is 30.1 Å². The fraction of sp³-hybridized carbons (Fsp3) is 0.316. The Morgan fingerprint density at radius 3 is 2.56 bits per heavy atom. The summed E-state index contributed by atoms with van der Waals surface area (Å²) in [7, 11) is -2.39. The monoisotopic (exact) mass is 389 g/mol. The van der Waals surface area contributed by atoms with Crippen molar-refractivity contribution in [1.82, 2.24) is 10.2 Å². The number of hydrogen-bond acceptors (Lipinski definition) is 5. The van der Waals surface area contributed by atoms with E-state index in [-0.39, 0.29) is 10.8 Å². The molecule has 1 saturated heterocycles. The van der Waals surface area contributed by atoms with Crippen LogP contribution in [0, 0.1) is 6.92 Å². The topological polar surface area (TPSA) is 87.7 Å². The Bertz CT molecular complexity index is 938. The molecule has 3 rings (SSSR count). The average molecular weight is 389 g/mol. The highest BCUT2D eigenvalue weighted by Gasteiger charge is 2.23. The van der Waals surface area contributed by atoms with Crippen LogP contribution in [0.15, 0.2) is 47.4 Å². The van der Waals surface area contributed by atoms with Crippen molar-refractivity contribution in [2.24, 2.45) is 0 Å². The highest BCUT2D eigenvalue weighted by atomic mass is 32.2. The Hall–Kier alpha value is -2.58. The van der Waals surface area contributed by atoms with Gasteiger partial charge in [0.1, 0.15) is 5.75 Å². The molecular weight excluding hydrogens is 366 g/mol. The maximum Gasteiger partial charge on any atom is 0.262 e. The minimum absolute atomic E-state index is 0.0393. The van der Waals surface area contributed by atoms with Gasteiger partial charge in [-0.05, 0) is 36.8 Å². The van der Waals surface area contributed by atoms with Crippen molar-refractivity contribution in [1.29, 1.82) is 0 Å². The smallest absolute Gasteiger partial charge is 0.262 e. The van der Waals surface area contributed by atoms with Gasteiger partial charge in [-0.3, -0.25) is 9.52 Å². The second-order valence-electron chi connectivity index (χ2n) is 6.32. The van der Waals surface area contributed by atoms with Gasteiger partial charge in [0.15, 0.2) is 0 Å². The summed E-state index contributed by atoms with van der Waals surface area (Å²) in [6.07, 6.45) is 0. The first-order chi connectivity index (χ1) is 12.9. The molecule has 0 aliphatic carbocycles. The number of sulfonamides is 1. The number of anilines is 1. The number of nitrogens with one attached hydrogen (secondary N) is 2. The van der Waals surface area contributed by atoms with Crippen LogP contribution >= 0.6 is 0 Å². The summed E-state index contributed by atoms with van der Waals surface area (Å²) in [6, 6.07) is 11.4. The third-order valence-electron chi connectivity index (χ3n) is 4.51. The van der Waals surface area contributed by atoms with Crippen LogP contribution in [0.25, 0.3) is 0 Å². The highest BCUT2D eigenvalue weighted by molar-refractivity contribution is 7.92. The van der Waals surface area contributed by atoms with E-state index in [0.717, 1.165) is 18.7 Å². The molecule has 8 heteroatoms. The lowest BCUT2D eigenvalue weighted by Gasteiger charge is -2.28. The van der Waals surface area contributed by atoms with Gasteiger partial charge in [-0.1, -0.05) is 18.2 Å². The van der Waals surface area contributed by atoms with Crippen molar-refractivity contribution in [2.45, 2.75) is 11.8 Å². The second kappa shape index (κ2) is 7.98. The zero-order valence-corrected chi connectivity index (χ0v) is 16.2. The summed E-state index contributed by atoms with van der Waals surface area (Å²) >= 11 is 0. The van der Waals surface area contributed by atoms with Gasteiger partial charge in [0, 0.05) is 31.7 Å². The highest BCUT2D eigenvalue weighted by Crippen LogP contribution is 2.27. The Labute approximate surface area is 159 Å². The minimum atomic E-state index is -3.86. The SMILES string of the molecule is COc1ccccc1NS(=O)(=O)c1ccc(C)c(C(=O)N2CCNCC2)c1. The zero-order valence-electron chi connectivity index (χ0n) is 15.4. The Morgan fingerprint density at radius 1 is 1.15 bits per heavy atom. The molecule has 2 aromatic carbocycles. The molecule has 0 spiro atoms. The Balaban J connectivity index is 1.91. The van der Waals surface area contributed by atoms with Crippen molar-refractivity contribution in [3.05, 3.63) is 53.6 Å². The second-order valence-corrected chi connectivity index (χ2v) is 8.01. The van der Waals surface area contributed by atoms with Crippen LogP contribution in [-0.2, 0) is 10.0 Å². The molecule has 0 atom stereocenters. The average Bonchev–Trinajstić information content (AvgIpc) is 2.68. The maximum absolute atomic E-state index is 12.8. The first kappa shape index (κ1) is 19.2. The van der Waals surface area contributed by atoms with Gasteiger partial charge >= 0.3 is 0 Å². The number of ether oxygens (including phenoxy) is 1. The van der Waals surface area contributed by atoms with Crippen LogP contribution in [0.2, 0.25) is 0 Å². The summed E-state index contributed by atoms with van der Waals surface area (Å²) in [5.41, 5.74) is 1.49. The zero-order chi connectivity index (χ0) is 19.4. The molecule has 0 aromatic heterocycles. The summed E-state index contributed by atoms with van der Waals surface area (Å²) in [4.78, 5) is 14.6. The van der Waals surface area contributed by atoms with E-state index >= 15 is 0 Å². The summed E-state index contributed by atoms with van der Waals surface area (Å²) in [6.45, 7) is 4.49.